The van der Waals surface area contributed by atoms with Crippen LogP contribution in [0.25, 0.3) is 0 Å². The van der Waals surface area contributed by atoms with E-state index in [1.54, 1.807) is 18.2 Å². The van der Waals surface area contributed by atoms with Crippen molar-refractivity contribution in [2.45, 2.75) is 118 Å². The van der Waals surface area contributed by atoms with Crippen molar-refractivity contribution in [3.63, 3.8) is 0 Å². The van der Waals surface area contributed by atoms with Crippen LogP contribution in [0, 0.1) is 46.3 Å². The molecule has 0 radical (unpaired) electrons. The van der Waals surface area contributed by atoms with Gasteiger partial charge in [-0.2, -0.15) is 0 Å². The lowest BCUT2D eigenvalue weighted by Gasteiger charge is -2.58. The molecule has 0 spiro atoms. The highest BCUT2D eigenvalue weighted by atomic mass is 16.5. The fraction of sp³-hybridized carbons (Fsp3) is 0.684. The van der Waals surface area contributed by atoms with E-state index in [1.165, 1.54) is 63.0 Å². The minimum Gasteiger partial charge on any atom is -0.459 e. The van der Waals surface area contributed by atoms with Crippen LogP contribution in [0.1, 0.15) is 111 Å². The number of hydrogen-bond donors (Lipinski definition) is 2. The number of carbonyl (C=O) groups is 2. The molecule has 0 heterocycles. The highest BCUT2D eigenvalue weighted by molar-refractivity contribution is 5.91. The van der Waals surface area contributed by atoms with E-state index >= 15 is 0 Å². The molecule has 0 aliphatic heterocycles. The van der Waals surface area contributed by atoms with Crippen LogP contribution in [0.15, 0.2) is 42.0 Å². The van der Waals surface area contributed by atoms with E-state index in [2.05, 4.69) is 40.7 Å². The Hall–Kier alpha value is -2.76. The van der Waals surface area contributed by atoms with Crippen LogP contribution in [0.5, 0.6) is 0 Å². The van der Waals surface area contributed by atoms with E-state index in [-0.39, 0.29) is 18.1 Å². The number of allylic oxidation sites excluding steroid dienone is 1. The lowest BCUT2D eigenvalue weighted by Crippen LogP contribution is -2.51. The van der Waals surface area contributed by atoms with Crippen LogP contribution >= 0.6 is 0 Å². The zero-order chi connectivity index (χ0) is 31.6. The van der Waals surface area contributed by atoms with Crippen molar-refractivity contribution in [3.8, 4) is 0 Å². The van der Waals surface area contributed by atoms with Gasteiger partial charge in [0.05, 0.1) is 0 Å². The third-order valence-corrected chi connectivity index (χ3v) is 12.3. The summed E-state index contributed by atoms with van der Waals surface area (Å²) in [6.07, 6.45) is 18.2. The minimum atomic E-state index is -0.608. The standard InChI is InChI=1S/C38H56N2O4/c1-24(2)7-6-8-25(3)32-11-12-33-31-10-9-27-21-30(15-17-37(27,4)34(31)16-18-38(32,33)5)44-36(42)14-13-35(41)43-23-26-19-28(39)22-29(40)20-26/h9,13-14,19-20,22,24-25,30-34H,6-8,10-12,15-18,21,23,39-40H2,1-5H3/b14-13+. The SMILES string of the molecule is CC(C)CCCC(C)C1CCC2C3CC=C4CC(OC(=O)/C=C/C(=O)OCc5cc(N)cc(N)c5)CCC4(C)C3CCC12C. The molecule has 6 nitrogen and oxygen atoms in total. The molecule has 3 saturated carbocycles. The summed E-state index contributed by atoms with van der Waals surface area (Å²) in [4.78, 5) is 24.8. The van der Waals surface area contributed by atoms with Crippen LogP contribution in [0.3, 0.4) is 0 Å². The van der Waals surface area contributed by atoms with Gasteiger partial charge in [0.2, 0.25) is 0 Å². The van der Waals surface area contributed by atoms with Crippen molar-refractivity contribution in [2.24, 2.45) is 46.3 Å². The number of carbonyl (C=O) groups excluding carboxylic acids is 2. The van der Waals surface area contributed by atoms with Gasteiger partial charge in [0.25, 0.3) is 0 Å². The first-order valence-corrected chi connectivity index (χ1v) is 17.3. The maximum absolute atomic E-state index is 12.6. The van der Waals surface area contributed by atoms with Crippen molar-refractivity contribution >= 4 is 23.3 Å². The van der Waals surface area contributed by atoms with Crippen molar-refractivity contribution in [3.05, 3.63) is 47.6 Å². The second-order valence-corrected chi connectivity index (χ2v) is 15.5. The molecular formula is C38H56N2O4. The van der Waals surface area contributed by atoms with Crippen LogP contribution in [0.4, 0.5) is 11.4 Å². The summed E-state index contributed by atoms with van der Waals surface area (Å²) < 4.78 is 11.1. The van der Waals surface area contributed by atoms with Crippen molar-refractivity contribution in [2.75, 3.05) is 11.5 Å². The maximum atomic E-state index is 12.6. The van der Waals surface area contributed by atoms with Gasteiger partial charge < -0.3 is 20.9 Å². The molecule has 4 aliphatic rings. The third-order valence-electron chi connectivity index (χ3n) is 12.3. The number of fused-ring (bicyclic) bond motifs is 5. The van der Waals surface area contributed by atoms with E-state index in [9.17, 15) is 9.59 Å². The molecular weight excluding hydrogens is 548 g/mol. The molecule has 4 aliphatic carbocycles. The summed E-state index contributed by atoms with van der Waals surface area (Å²) >= 11 is 0. The van der Waals surface area contributed by atoms with Gasteiger partial charge in [-0.25, -0.2) is 9.59 Å². The Balaban J connectivity index is 1.14. The third kappa shape index (κ3) is 6.89. The fourth-order valence-corrected chi connectivity index (χ4v) is 10.1. The van der Waals surface area contributed by atoms with E-state index < -0.39 is 11.9 Å². The number of rotatable bonds is 10. The molecule has 5 rings (SSSR count). The fourth-order valence-electron chi connectivity index (χ4n) is 10.1. The zero-order valence-electron chi connectivity index (χ0n) is 27.8. The topological polar surface area (TPSA) is 105 Å². The Labute approximate surface area is 265 Å². The van der Waals surface area contributed by atoms with E-state index in [4.69, 9.17) is 20.9 Å². The average Bonchev–Trinajstić information content (AvgIpc) is 3.32. The molecule has 44 heavy (non-hydrogen) atoms. The van der Waals surface area contributed by atoms with E-state index in [1.807, 2.05) is 0 Å². The van der Waals surface area contributed by atoms with Crippen LogP contribution < -0.4 is 11.5 Å². The molecule has 6 heteroatoms. The summed E-state index contributed by atoms with van der Waals surface area (Å²) in [5.41, 5.74) is 15.5. The first kappa shape index (κ1) is 32.6. The monoisotopic (exact) mass is 604 g/mol. The minimum absolute atomic E-state index is 0.0307. The van der Waals surface area contributed by atoms with Crippen molar-refractivity contribution in [1.29, 1.82) is 0 Å². The lowest BCUT2D eigenvalue weighted by molar-refractivity contribution is -0.146. The first-order chi connectivity index (χ1) is 20.9. The lowest BCUT2D eigenvalue weighted by atomic mass is 9.47. The van der Waals surface area contributed by atoms with Crippen LogP contribution in [0.2, 0.25) is 0 Å². The highest BCUT2D eigenvalue weighted by Crippen LogP contribution is 2.67. The van der Waals surface area contributed by atoms with Gasteiger partial charge in [-0.15, -0.1) is 0 Å². The molecule has 0 saturated heterocycles. The number of ether oxygens (including phenoxy) is 2. The van der Waals surface area contributed by atoms with Gasteiger partial charge in [-0.3, -0.25) is 0 Å². The van der Waals surface area contributed by atoms with Gasteiger partial charge in [-0.05, 0) is 115 Å². The number of hydrogen-bond acceptors (Lipinski definition) is 6. The molecule has 0 bridgehead atoms. The van der Waals surface area contributed by atoms with E-state index in [0.717, 1.165) is 60.8 Å². The summed E-state index contributed by atoms with van der Waals surface area (Å²) in [6, 6.07) is 5.05. The smallest absolute Gasteiger partial charge is 0.331 e. The maximum Gasteiger partial charge on any atom is 0.331 e. The Morgan fingerprint density at radius 2 is 1.66 bits per heavy atom. The summed E-state index contributed by atoms with van der Waals surface area (Å²) in [7, 11) is 0. The Bertz CT molecular complexity index is 1250. The van der Waals surface area contributed by atoms with E-state index in [0.29, 0.717) is 22.4 Å². The summed E-state index contributed by atoms with van der Waals surface area (Å²) in [5.74, 6) is 3.76. The molecule has 4 N–H and O–H groups in total. The first-order valence-electron chi connectivity index (χ1n) is 17.3. The number of benzene rings is 1. The molecule has 242 valence electrons. The van der Waals surface area contributed by atoms with Crippen LogP contribution in [-0.4, -0.2) is 18.0 Å². The zero-order valence-corrected chi connectivity index (χ0v) is 27.8. The van der Waals surface area contributed by atoms with Crippen molar-refractivity contribution in [1.82, 2.24) is 0 Å². The molecule has 8 atom stereocenters. The Morgan fingerprint density at radius 3 is 2.39 bits per heavy atom. The molecule has 1 aromatic carbocycles. The second-order valence-electron chi connectivity index (χ2n) is 15.5. The van der Waals surface area contributed by atoms with Crippen LogP contribution in [-0.2, 0) is 25.7 Å². The van der Waals surface area contributed by atoms with Gasteiger partial charge in [0.1, 0.15) is 12.7 Å². The predicted molar refractivity (Wildman–Crippen MR) is 177 cm³/mol. The van der Waals surface area contributed by atoms with Gasteiger partial charge in [-0.1, -0.05) is 65.5 Å². The highest BCUT2D eigenvalue weighted by Gasteiger charge is 2.59. The quantitative estimate of drug-likeness (QED) is 0.120. The largest absolute Gasteiger partial charge is 0.459 e. The predicted octanol–water partition coefficient (Wildman–Crippen LogP) is 8.40. The van der Waals surface area contributed by atoms with Gasteiger partial charge >= 0.3 is 11.9 Å². The Kier molecular flexibility index (Phi) is 9.87. The number of anilines is 2. The molecule has 0 amide bonds. The van der Waals surface area contributed by atoms with Crippen molar-refractivity contribution < 1.29 is 19.1 Å². The number of esters is 2. The molecule has 0 aromatic heterocycles. The average molecular weight is 605 g/mol. The van der Waals surface area contributed by atoms with Gasteiger partial charge in [0.15, 0.2) is 0 Å². The number of nitrogen functional groups attached to an aromatic ring is 2. The molecule has 1 aromatic rings. The molecule has 8 unspecified atom stereocenters. The summed E-state index contributed by atoms with van der Waals surface area (Å²) in [5, 5.41) is 0. The second kappa shape index (κ2) is 13.3. The molecule has 3 fully saturated rings. The van der Waals surface area contributed by atoms with Gasteiger partial charge in [0, 0.05) is 29.9 Å². The Morgan fingerprint density at radius 1 is 0.932 bits per heavy atom. The number of nitrogens with two attached hydrogens (primary N) is 2. The normalized spacial score (nSPS) is 33.7. The summed E-state index contributed by atoms with van der Waals surface area (Å²) in [6.45, 7) is 12.4.